The van der Waals surface area contributed by atoms with Crippen molar-refractivity contribution in [2.75, 3.05) is 19.0 Å². The zero-order valence-corrected chi connectivity index (χ0v) is 12.0. The van der Waals surface area contributed by atoms with E-state index in [1.54, 1.807) is 0 Å². The highest BCUT2D eigenvalue weighted by Crippen LogP contribution is 2.15. The summed E-state index contributed by atoms with van der Waals surface area (Å²) in [5.74, 6) is -0.701. The Morgan fingerprint density at radius 3 is 2.37 bits per heavy atom. The molecule has 19 heavy (non-hydrogen) atoms. The van der Waals surface area contributed by atoms with E-state index in [2.05, 4.69) is 0 Å². The predicted octanol–water partition coefficient (Wildman–Crippen LogP) is 2.39. The topological polar surface area (TPSA) is 52.6 Å². The maximum Gasteiger partial charge on any atom is 0.178 e. The Labute approximate surface area is 113 Å². The first kappa shape index (κ1) is 16.1. The van der Waals surface area contributed by atoms with Gasteiger partial charge in [-0.25, -0.2) is 12.8 Å². The zero-order valence-electron chi connectivity index (χ0n) is 11.1. The minimum atomic E-state index is -3.51. The molecule has 4 nitrogen and oxygen atoms in total. The standard InChI is InChI=1S/C13H19FO4S/c1-3-17-13(18-4-2)8-9-19(15,16)12-7-5-6-11(14)10-12/h5-7,10,13H,3-4,8-9H2,1-2H3. The first-order chi connectivity index (χ1) is 8.99. The van der Waals surface area contributed by atoms with Gasteiger partial charge in [-0.05, 0) is 32.0 Å². The summed E-state index contributed by atoms with van der Waals surface area (Å²) in [6.45, 7) is 4.52. The third-order valence-electron chi connectivity index (χ3n) is 2.48. The van der Waals surface area contributed by atoms with E-state index in [0.717, 1.165) is 6.07 Å². The molecule has 0 aliphatic rings. The van der Waals surface area contributed by atoms with Crippen molar-refractivity contribution >= 4 is 9.84 Å². The maximum atomic E-state index is 13.0. The molecule has 0 bridgehead atoms. The van der Waals surface area contributed by atoms with E-state index >= 15 is 0 Å². The molecule has 0 saturated carbocycles. The molecule has 1 aromatic carbocycles. The molecule has 0 aliphatic carbocycles. The van der Waals surface area contributed by atoms with Crippen LogP contribution >= 0.6 is 0 Å². The molecule has 108 valence electrons. The van der Waals surface area contributed by atoms with Crippen LogP contribution in [0.4, 0.5) is 4.39 Å². The monoisotopic (exact) mass is 290 g/mol. The molecule has 1 aromatic rings. The van der Waals surface area contributed by atoms with Crippen molar-refractivity contribution in [3.05, 3.63) is 30.1 Å². The number of halogens is 1. The molecule has 0 unspecified atom stereocenters. The lowest BCUT2D eigenvalue weighted by Gasteiger charge is -2.16. The molecule has 6 heteroatoms. The predicted molar refractivity (Wildman–Crippen MR) is 70.1 cm³/mol. The van der Waals surface area contributed by atoms with Crippen LogP contribution in [0.5, 0.6) is 0 Å². The number of sulfone groups is 1. The van der Waals surface area contributed by atoms with Gasteiger partial charge in [-0.1, -0.05) is 6.07 Å². The molecule has 0 saturated heterocycles. The van der Waals surface area contributed by atoms with Gasteiger partial charge in [0.05, 0.1) is 10.6 Å². The normalized spacial score (nSPS) is 12.0. The van der Waals surface area contributed by atoms with Gasteiger partial charge in [0.15, 0.2) is 16.1 Å². The molecular formula is C13H19FO4S. The van der Waals surface area contributed by atoms with Crippen molar-refractivity contribution in [1.29, 1.82) is 0 Å². The third kappa shape index (κ3) is 5.26. The minimum Gasteiger partial charge on any atom is -0.353 e. The van der Waals surface area contributed by atoms with Crippen LogP contribution in [0.3, 0.4) is 0 Å². The van der Waals surface area contributed by atoms with E-state index < -0.39 is 21.9 Å². The quantitative estimate of drug-likeness (QED) is 0.690. The molecule has 0 N–H and O–H groups in total. The second-order valence-electron chi connectivity index (χ2n) is 3.91. The van der Waals surface area contributed by atoms with Crippen LogP contribution in [0, 0.1) is 5.82 Å². The van der Waals surface area contributed by atoms with Crippen molar-refractivity contribution < 1.29 is 22.3 Å². The van der Waals surface area contributed by atoms with Crippen molar-refractivity contribution in [1.82, 2.24) is 0 Å². The fourth-order valence-corrected chi connectivity index (χ4v) is 2.93. The summed E-state index contributed by atoms with van der Waals surface area (Å²) in [5, 5.41) is 0. The molecule has 1 rings (SSSR count). The summed E-state index contributed by atoms with van der Waals surface area (Å²) in [6.07, 6.45) is -0.320. The molecular weight excluding hydrogens is 271 g/mol. The van der Waals surface area contributed by atoms with E-state index in [1.807, 2.05) is 13.8 Å². The number of hydrogen-bond acceptors (Lipinski definition) is 4. The first-order valence-corrected chi connectivity index (χ1v) is 7.86. The van der Waals surface area contributed by atoms with Gasteiger partial charge in [0.1, 0.15) is 5.82 Å². The molecule has 0 aliphatic heterocycles. The minimum absolute atomic E-state index is 0.0146. The van der Waals surface area contributed by atoms with Gasteiger partial charge < -0.3 is 9.47 Å². The van der Waals surface area contributed by atoms with Gasteiger partial charge in [0, 0.05) is 19.6 Å². The van der Waals surface area contributed by atoms with Gasteiger partial charge in [0.25, 0.3) is 0 Å². The molecule has 0 spiro atoms. The average molecular weight is 290 g/mol. The van der Waals surface area contributed by atoms with Crippen LogP contribution in [-0.2, 0) is 19.3 Å². The second-order valence-corrected chi connectivity index (χ2v) is 6.01. The molecule has 0 aromatic heterocycles. The van der Waals surface area contributed by atoms with E-state index in [-0.39, 0.29) is 17.1 Å². The van der Waals surface area contributed by atoms with E-state index in [9.17, 15) is 12.8 Å². The SMILES string of the molecule is CCOC(CCS(=O)(=O)c1cccc(F)c1)OCC. The smallest absolute Gasteiger partial charge is 0.178 e. The maximum absolute atomic E-state index is 13.0. The lowest BCUT2D eigenvalue weighted by molar-refractivity contribution is -0.136. The van der Waals surface area contributed by atoms with Crippen LogP contribution in [-0.4, -0.2) is 33.7 Å². The van der Waals surface area contributed by atoms with E-state index in [0.29, 0.717) is 13.2 Å². The first-order valence-electron chi connectivity index (χ1n) is 6.21. The summed E-state index contributed by atoms with van der Waals surface area (Å²) < 4.78 is 47.6. The summed E-state index contributed by atoms with van der Waals surface area (Å²) in [5.41, 5.74) is 0. The van der Waals surface area contributed by atoms with Crippen molar-refractivity contribution in [2.45, 2.75) is 31.5 Å². The molecule has 0 heterocycles. The van der Waals surface area contributed by atoms with Gasteiger partial charge in [0.2, 0.25) is 0 Å². The largest absolute Gasteiger partial charge is 0.353 e. The summed E-state index contributed by atoms with van der Waals surface area (Å²) in [6, 6.07) is 4.99. The Hall–Kier alpha value is -0.980. The molecule has 0 atom stereocenters. The van der Waals surface area contributed by atoms with Gasteiger partial charge in [-0.2, -0.15) is 0 Å². The lowest BCUT2D eigenvalue weighted by atomic mass is 10.4. The summed E-state index contributed by atoms with van der Waals surface area (Å²) >= 11 is 0. The molecule has 0 radical (unpaired) electrons. The van der Waals surface area contributed by atoms with Crippen molar-refractivity contribution in [3.8, 4) is 0 Å². The highest BCUT2D eigenvalue weighted by atomic mass is 32.2. The van der Waals surface area contributed by atoms with Crippen LogP contribution in [0.1, 0.15) is 20.3 Å². The molecule has 0 fully saturated rings. The van der Waals surface area contributed by atoms with Gasteiger partial charge in [-0.3, -0.25) is 0 Å². The number of benzene rings is 1. The second kappa shape index (κ2) is 7.57. The highest BCUT2D eigenvalue weighted by Gasteiger charge is 2.18. The Morgan fingerprint density at radius 1 is 1.21 bits per heavy atom. The molecule has 0 amide bonds. The number of hydrogen-bond donors (Lipinski definition) is 0. The fourth-order valence-electron chi connectivity index (χ4n) is 1.62. The van der Waals surface area contributed by atoms with Crippen LogP contribution < -0.4 is 0 Å². The summed E-state index contributed by atoms with van der Waals surface area (Å²) in [4.78, 5) is -0.0146. The average Bonchev–Trinajstić information content (AvgIpc) is 2.37. The van der Waals surface area contributed by atoms with Crippen molar-refractivity contribution in [3.63, 3.8) is 0 Å². The third-order valence-corrected chi connectivity index (χ3v) is 4.23. The Bertz CT molecular complexity index is 481. The highest BCUT2D eigenvalue weighted by molar-refractivity contribution is 7.91. The van der Waals surface area contributed by atoms with E-state index in [4.69, 9.17) is 9.47 Å². The van der Waals surface area contributed by atoms with Crippen molar-refractivity contribution in [2.24, 2.45) is 0 Å². The number of ether oxygens (including phenoxy) is 2. The van der Waals surface area contributed by atoms with Crippen LogP contribution in [0.15, 0.2) is 29.2 Å². The van der Waals surface area contributed by atoms with Crippen LogP contribution in [0.25, 0.3) is 0 Å². The van der Waals surface area contributed by atoms with Gasteiger partial charge in [-0.15, -0.1) is 0 Å². The Balaban J connectivity index is 2.69. The lowest BCUT2D eigenvalue weighted by Crippen LogP contribution is -2.21. The van der Waals surface area contributed by atoms with Gasteiger partial charge >= 0.3 is 0 Å². The Kier molecular flexibility index (Phi) is 6.41. The zero-order chi connectivity index (χ0) is 14.3. The number of rotatable bonds is 8. The fraction of sp³-hybridized carbons (Fsp3) is 0.538. The summed E-state index contributed by atoms with van der Waals surface area (Å²) in [7, 11) is -3.51. The Morgan fingerprint density at radius 2 is 1.84 bits per heavy atom. The van der Waals surface area contributed by atoms with E-state index in [1.165, 1.54) is 18.2 Å². The van der Waals surface area contributed by atoms with Crippen LogP contribution in [0.2, 0.25) is 0 Å².